The number of benzene rings is 2. The number of nitrogens with two attached hydrogens (primary N) is 5. The summed E-state index contributed by atoms with van der Waals surface area (Å²) in [5.41, 5.74) is 31.2. The molecule has 21 nitrogen and oxygen atoms in total. The first kappa shape index (κ1) is 58.4. The highest BCUT2D eigenvalue weighted by molar-refractivity contribution is 5.98. The minimum absolute atomic E-state index is 0.0150. The summed E-state index contributed by atoms with van der Waals surface area (Å²) in [5, 5.41) is 10.9. The minimum atomic E-state index is -1.34. The number of nitrogens with zero attached hydrogens (tertiary/aromatic N) is 3. The normalized spacial score (nSPS) is 22.9. The molecular weight excluding hydrogens is 968 g/mol. The molecule has 0 bridgehead atoms. The Morgan fingerprint density at radius 1 is 0.773 bits per heavy atom. The molecule has 2 aliphatic heterocycles. The van der Waals surface area contributed by atoms with Gasteiger partial charge in [-0.15, -0.1) is 0 Å². The molecule has 2 aromatic carbocycles. The maximum Gasteiger partial charge on any atom is 0.245 e. The van der Waals surface area contributed by atoms with Crippen LogP contribution in [-0.2, 0) is 56.0 Å². The Morgan fingerprint density at radius 3 is 2.16 bits per heavy atom. The van der Waals surface area contributed by atoms with Gasteiger partial charge in [-0.05, 0) is 111 Å². The second-order valence-electron chi connectivity index (χ2n) is 19.6. The van der Waals surface area contributed by atoms with Crippen molar-refractivity contribution in [1.29, 1.82) is 0 Å². The predicted molar refractivity (Wildman–Crippen MR) is 279 cm³/mol. The molecule has 3 aliphatic rings. The monoisotopic (exact) mass is 1040 g/mol. The standard InChI is InChI=1S/C53H73FN12O9/c1-31(67)62-41(14-7-25-61-53(58)59)49(73)64-42-23-22-38(68)11-3-5-13-40(47(55)71)63-48(72)36(28-34-19-18-33-9-2-4-12-39(33)34)30-45(69)35(10-6-24-60-52(56)57)29-46(70)43(27-32-16-20-37(54)21-17-32)65-50(74)44-15-8-26-66(44)51(42)75/h2,4,9,12,16-17,19-21,35-36,40-44H,3,5-8,10-11,13-15,18,22-30H2,1H3,(H2,55,71)(H,62,67)(H,63,72)(H,64,73)(H,65,74)(H4,56,57,60)(H4,58,59,61)/t35?,36?,40-,41?,42-,43+,44?/m0/s1. The Morgan fingerprint density at radius 2 is 1.47 bits per heavy atom. The molecular formula is C53H73FN12O9. The van der Waals surface area contributed by atoms with Gasteiger partial charge in [0.25, 0.3) is 0 Å². The van der Waals surface area contributed by atoms with Gasteiger partial charge in [-0.1, -0.05) is 48.9 Å². The topological polar surface area (TPSA) is 360 Å². The van der Waals surface area contributed by atoms with Crippen LogP contribution in [0.25, 0.3) is 5.57 Å². The van der Waals surface area contributed by atoms with Crippen LogP contribution in [0.4, 0.5) is 4.39 Å². The number of allylic oxidation sites excluding steroid dienone is 2. The summed E-state index contributed by atoms with van der Waals surface area (Å²) in [4.78, 5) is 135. The number of hydrogen-bond donors (Lipinski definition) is 9. The first-order valence-corrected chi connectivity index (χ1v) is 25.8. The Balaban J connectivity index is 1.51. The van der Waals surface area contributed by atoms with Gasteiger partial charge in [0.1, 0.15) is 41.6 Å². The van der Waals surface area contributed by atoms with Crippen LogP contribution in [0.5, 0.6) is 0 Å². The van der Waals surface area contributed by atoms with Gasteiger partial charge < -0.3 is 54.8 Å². The van der Waals surface area contributed by atoms with Crippen LogP contribution in [0.3, 0.4) is 0 Å². The van der Waals surface area contributed by atoms with E-state index in [0.717, 1.165) is 16.7 Å². The molecule has 2 aromatic rings. The van der Waals surface area contributed by atoms with Crippen molar-refractivity contribution in [3.8, 4) is 0 Å². The molecule has 14 N–H and O–H groups in total. The highest BCUT2D eigenvalue weighted by Crippen LogP contribution is 2.34. The summed E-state index contributed by atoms with van der Waals surface area (Å²) >= 11 is 0. The van der Waals surface area contributed by atoms with E-state index in [4.69, 9.17) is 28.7 Å². The number of Topliss-reactive ketones (excluding diaryl/α,β-unsaturated/α-hetero) is 3. The first-order chi connectivity index (χ1) is 35.8. The molecule has 4 unspecified atom stereocenters. The molecule has 0 spiro atoms. The van der Waals surface area contributed by atoms with E-state index in [1.807, 2.05) is 30.3 Å². The van der Waals surface area contributed by atoms with E-state index in [0.29, 0.717) is 18.4 Å². The lowest BCUT2D eigenvalue weighted by Crippen LogP contribution is -2.57. The van der Waals surface area contributed by atoms with Crippen molar-refractivity contribution in [3.05, 3.63) is 77.1 Å². The van der Waals surface area contributed by atoms with Gasteiger partial charge in [-0.2, -0.15) is 0 Å². The largest absolute Gasteiger partial charge is 0.370 e. The number of fused-ring (bicyclic) bond motifs is 2. The first-order valence-electron chi connectivity index (χ1n) is 25.8. The Labute approximate surface area is 436 Å². The van der Waals surface area contributed by atoms with Crippen molar-refractivity contribution in [2.45, 2.75) is 146 Å². The van der Waals surface area contributed by atoms with E-state index >= 15 is 0 Å². The lowest BCUT2D eigenvalue weighted by atomic mass is 9.83. The summed E-state index contributed by atoms with van der Waals surface area (Å²) in [6.07, 6.45) is 3.45. The van der Waals surface area contributed by atoms with Gasteiger partial charge in [0.05, 0.1) is 6.04 Å². The highest BCUT2D eigenvalue weighted by atomic mass is 19.1. The number of halogens is 1. The molecule has 0 saturated carbocycles. The van der Waals surface area contributed by atoms with E-state index < -0.39 is 101 Å². The highest BCUT2D eigenvalue weighted by Gasteiger charge is 2.40. The predicted octanol–water partition coefficient (Wildman–Crippen LogP) is 1.01. The van der Waals surface area contributed by atoms with E-state index in [1.54, 1.807) is 0 Å². The molecule has 1 aliphatic carbocycles. The van der Waals surface area contributed by atoms with Crippen molar-refractivity contribution in [1.82, 2.24) is 26.2 Å². The third-order valence-corrected chi connectivity index (χ3v) is 13.8. The average Bonchev–Trinajstić information content (AvgIpc) is 4.03. The molecule has 5 rings (SSSR count). The van der Waals surface area contributed by atoms with Crippen molar-refractivity contribution in [3.63, 3.8) is 0 Å². The van der Waals surface area contributed by atoms with Gasteiger partial charge in [0.2, 0.25) is 35.4 Å². The molecule has 75 heavy (non-hydrogen) atoms. The number of rotatable bonds is 16. The Bertz CT molecular complexity index is 2490. The van der Waals surface area contributed by atoms with Crippen LogP contribution in [0, 0.1) is 17.7 Å². The molecule has 22 heteroatoms. The zero-order valence-corrected chi connectivity index (χ0v) is 42.7. The zero-order chi connectivity index (χ0) is 54.6. The minimum Gasteiger partial charge on any atom is -0.370 e. The summed E-state index contributed by atoms with van der Waals surface area (Å²) in [6, 6.07) is 6.98. The maximum absolute atomic E-state index is 14.8. The van der Waals surface area contributed by atoms with Crippen LogP contribution >= 0.6 is 0 Å². The van der Waals surface area contributed by atoms with Gasteiger partial charge in [-0.25, -0.2) is 4.39 Å². The van der Waals surface area contributed by atoms with Crippen LogP contribution in [0.1, 0.15) is 120 Å². The summed E-state index contributed by atoms with van der Waals surface area (Å²) in [6.45, 7) is 1.58. The lowest BCUT2D eigenvalue weighted by molar-refractivity contribution is -0.142. The molecule has 2 heterocycles. The summed E-state index contributed by atoms with van der Waals surface area (Å²) < 4.78 is 14.2. The van der Waals surface area contributed by atoms with Crippen molar-refractivity contribution >= 4 is 70.3 Å². The fourth-order valence-electron chi connectivity index (χ4n) is 9.88. The number of carbonyl (C=O) groups excluding carboxylic acids is 9. The fraction of sp³-hybridized carbons (Fsp3) is 0.528. The third-order valence-electron chi connectivity index (χ3n) is 13.8. The van der Waals surface area contributed by atoms with E-state index in [2.05, 4.69) is 31.3 Å². The van der Waals surface area contributed by atoms with E-state index in [9.17, 15) is 47.5 Å². The quantitative estimate of drug-likeness (QED) is 0.0645. The number of guanidine groups is 2. The fourth-order valence-corrected chi connectivity index (χ4v) is 9.88. The number of aliphatic imine (C=N–C) groups is 2. The van der Waals surface area contributed by atoms with Gasteiger partial charge >= 0.3 is 0 Å². The van der Waals surface area contributed by atoms with Crippen molar-refractivity contribution in [2.24, 2.45) is 50.5 Å². The molecule has 2 fully saturated rings. The van der Waals surface area contributed by atoms with Gasteiger partial charge in [-0.3, -0.25) is 53.1 Å². The number of nitrogens with one attached hydrogen (secondary N) is 4. The van der Waals surface area contributed by atoms with Crippen molar-refractivity contribution in [2.75, 3.05) is 19.6 Å². The van der Waals surface area contributed by atoms with Gasteiger partial charge in [0, 0.05) is 64.1 Å². The van der Waals surface area contributed by atoms with Crippen LogP contribution in [0.2, 0.25) is 0 Å². The Kier molecular flexibility index (Phi) is 22.4. The third kappa shape index (κ3) is 18.4. The van der Waals surface area contributed by atoms with E-state index in [1.165, 1.54) is 36.1 Å². The SMILES string of the molecule is CC(=O)NC(CCCN=C(N)N)C(=O)N[C@H]1CCC(=O)CCCC[C@@H](C(N)=O)NC(=O)C(CC2=CCc3ccccc32)CC(=O)C(CCCN=C(N)N)CC(=O)[C@@H](Cc2ccc(F)cc2)NC(=O)C2CCCN2C1=O. The molecule has 406 valence electrons. The summed E-state index contributed by atoms with van der Waals surface area (Å²) in [5.74, 6) is -8.19. The second kappa shape index (κ2) is 28.8. The second-order valence-corrected chi connectivity index (χ2v) is 19.6. The number of hydrogen-bond acceptors (Lipinski definition) is 11. The van der Waals surface area contributed by atoms with Crippen LogP contribution < -0.4 is 49.9 Å². The van der Waals surface area contributed by atoms with Crippen LogP contribution in [-0.4, -0.2) is 119 Å². The molecule has 6 amide bonds. The van der Waals surface area contributed by atoms with Crippen molar-refractivity contribution < 1.29 is 47.5 Å². The lowest BCUT2D eigenvalue weighted by Gasteiger charge is -2.31. The smallest absolute Gasteiger partial charge is 0.245 e. The van der Waals surface area contributed by atoms with Gasteiger partial charge in [0.15, 0.2) is 17.7 Å². The summed E-state index contributed by atoms with van der Waals surface area (Å²) in [7, 11) is 0. The molecule has 2 saturated heterocycles. The maximum atomic E-state index is 14.8. The Hall–Kier alpha value is -7.52. The number of carbonyl (C=O) groups is 9. The molecule has 0 aromatic heterocycles. The molecule has 7 atom stereocenters. The number of amides is 6. The number of ketones is 3. The van der Waals surface area contributed by atoms with E-state index in [-0.39, 0.29) is 127 Å². The van der Waals surface area contributed by atoms with Crippen LogP contribution in [0.15, 0.2) is 64.6 Å². The zero-order valence-electron chi connectivity index (χ0n) is 42.7. The molecule has 0 radical (unpaired) electrons. The average molecular weight is 1040 g/mol. The number of primary amides is 1.